The maximum absolute atomic E-state index is 10.6. The number of hydrogen-bond donors (Lipinski definition) is 7. The van der Waals surface area contributed by atoms with Crippen molar-refractivity contribution in [1.29, 1.82) is 0 Å². The number of aromatic amines is 2. The monoisotopic (exact) mass is 985 g/mol. The molecule has 4 aromatic rings. The SMILES string of the molecule is COc1ccc2[nH]cc(/C=N/N=C(N)N)c2c1.COc1ccc2[nH]cc(C=O)c2c1.Cl.Cl.I.II.NN=C(N)N.[V]. The molecule has 1 radical (unpaired) electrons. The number of halogens is 5. The first-order chi connectivity index (χ1) is 17.8. The Hall–Kier alpha value is -1.85. The van der Waals surface area contributed by atoms with Crippen LogP contribution in [0.15, 0.2) is 64.1 Å². The van der Waals surface area contributed by atoms with E-state index in [1.54, 1.807) is 26.6 Å². The van der Waals surface area contributed by atoms with Crippen LogP contribution in [-0.4, -0.2) is 48.6 Å². The minimum atomic E-state index is -0.0926. The standard InChI is InChI=1S/C11H13N5O.C10H9NO2.CH6N4.2ClH.I2.HI.V/c1-17-8-2-3-10-9(4-8)7(5-14-10)6-15-16-11(12)13;1-13-8-2-3-10-9(4-8)7(6-12)5-11-10;2-1(3)5-4;;;1-2;;/h2-6,14H,1H3,(H4,12,13,16);2-6,11H,1H3;4H2,(H4,2,3,5);2*1H;;1H;/b15-6+;;;;;;;. The normalized spacial score (nSPS) is 8.68. The summed E-state index contributed by atoms with van der Waals surface area (Å²) in [6, 6.07) is 11.3. The number of H-pyrrole nitrogens is 2. The third-order valence-electron chi connectivity index (χ3n) is 4.49. The van der Waals surface area contributed by atoms with Crippen LogP contribution in [0.4, 0.5) is 0 Å². The molecule has 19 heteroatoms. The summed E-state index contributed by atoms with van der Waals surface area (Å²) in [7, 11) is 3.23. The van der Waals surface area contributed by atoms with Crippen molar-refractivity contribution in [3.8, 4) is 11.5 Å². The Kier molecular flexibility index (Phi) is 29.1. The van der Waals surface area contributed by atoms with Crippen molar-refractivity contribution in [2.45, 2.75) is 0 Å². The van der Waals surface area contributed by atoms with E-state index >= 15 is 0 Å². The number of nitrogens with two attached hydrogens (primary N) is 5. The molecule has 0 fully saturated rings. The smallest absolute Gasteiger partial charge is 0.211 e. The van der Waals surface area contributed by atoms with Crippen LogP contribution in [-0.2, 0) is 18.6 Å². The number of aromatic nitrogens is 2. The molecule has 12 N–H and O–H groups in total. The summed E-state index contributed by atoms with van der Waals surface area (Å²) >= 11 is 4.24. The second-order valence-corrected chi connectivity index (χ2v) is 6.75. The van der Waals surface area contributed by atoms with Crippen LogP contribution in [0.25, 0.3) is 21.8 Å². The number of fused-ring (bicyclic) bond motifs is 2. The molecule has 2 aromatic carbocycles. The first-order valence-corrected chi connectivity index (χ1v) is 16.4. The van der Waals surface area contributed by atoms with Gasteiger partial charge in [-0.2, -0.15) is 5.10 Å². The Balaban J connectivity index is -0.000000257. The van der Waals surface area contributed by atoms with Gasteiger partial charge < -0.3 is 48.2 Å². The average Bonchev–Trinajstić information content (AvgIpc) is 3.53. The number of carbonyl (C=O) groups excluding carboxylic acids is 1. The van der Waals surface area contributed by atoms with Gasteiger partial charge in [0.15, 0.2) is 6.29 Å². The molecule has 2 aromatic heterocycles. The van der Waals surface area contributed by atoms with Crippen molar-refractivity contribution >= 4 is 132 Å². The van der Waals surface area contributed by atoms with Gasteiger partial charge in [0.25, 0.3) is 0 Å². The summed E-state index contributed by atoms with van der Waals surface area (Å²) in [5.74, 6) is 5.89. The molecular formula is C22H31Cl2I3N10O3V. The largest absolute Gasteiger partial charge is 0.497 e. The number of methoxy groups -OCH3 is 2. The van der Waals surface area contributed by atoms with Gasteiger partial charge in [0.2, 0.25) is 11.9 Å². The van der Waals surface area contributed by atoms with E-state index in [9.17, 15) is 4.79 Å². The molecular weight excluding hydrogens is 955 g/mol. The summed E-state index contributed by atoms with van der Waals surface area (Å²) < 4.78 is 10.2. The number of carbonyl (C=O) groups is 1. The molecule has 0 atom stereocenters. The Morgan fingerprint density at radius 1 is 0.829 bits per heavy atom. The van der Waals surface area contributed by atoms with Gasteiger partial charge in [0.1, 0.15) is 11.5 Å². The van der Waals surface area contributed by atoms with E-state index in [1.807, 2.05) is 42.6 Å². The predicted octanol–water partition coefficient (Wildman–Crippen LogP) is 4.14. The van der Waals surface area contributed by atoms with Crippen LogP contribution in [0.5, 0.6) is 11.5 Å². The molecule has 41 heavy (non-hydrogen) atoms. The van der Waals surface area contributed by atoms with E-state index in [0.717, 1.165) is 45.2 Å². The van der Waals surface area contributed by atoms with E-state index in [0.29, 0.717) is 5.56 Å². The number of hydrazone groups is 1. The zero-order valence-corrected chi connectivity index (χ0v) is 31.3. The number of nitrogens with zero attached hydrogens (tertiary/aromatic N) is 3. The van der Waals surface area contributed by atoms with Crippen molar-refractivity contribution in [2.75, 3.05) is 14.2 Å². The molecule has 4 rings (SSSR count). The van der Waals surface area contributed by atoms with Gasteiger partial charge in [-0.05, 0) is 36.4 Å². The van der Waals surface area contributed by atoms with E-state index < -0.39 is 0 Å². The molecule has 0 bridgehead atoms. The second kappa shape index (κ2) is 25.8. The fourth-order valence-corrected chi connectivity index (χ4v) is 2.86. The number of hydrogen-bond acceptors (Lipinski definition) is 7. The Morgan fingerprint density at radius 2 is 1.24 bits per heavy atom. The Labute approximate surface area is 301 Å². The zero-order valence-electron chi connectivity index (χ0n) is 21.7. The van der Waals surface area contributed by atoms with E-state index in [2.05, 4.69) is 68.3 Å². The van der Waals surface area contributed by atoms with E-state index in [1.165, 1.54) is 0 Å². The molecule has 227 valence electrons. The summed E-state index contributed by atoms with van der Waals surface area (Å²) in [5.41, 5.74) is 23.2. The second-order valence-electron chi connectivity index (χ2n) is 6.75. The number of benzene rings is 2. The molecule has 2 heterocycles. The van der Waals surface area contributed by atoms with Crippen molar-refractivity contribution in [2.24, 2.45) is 44.1 Å². The van der Waals surface area contributed by atoms with Crippen LogP contribution >= 0.6 is 86.0 Å². The summed E-state index contributed by atoms with van der Waals surface area (Å²) in [6.45, 7) is 0. The van der Waals surface area contributed by atoms with Gasteiger partial charge in [-0.3, -0.25) is 4.79 Å². The third-order valence-corrected chi connectivity index (χ3v) is 4.49. The molecule has 0 saturated carbocycles. The Morgan fingerprint density at radius 3 is 1.61 bits per heavy atom. The fourth-order valence-electron chi connectivity index (χ4n) is 2.86. The van der Waals surface area contributed by atoms with Crippen LogP contribution in [0.2, 0.25) is 0 Å². The van der Waals surface area contributed by atoms with Crippen molar-refractivity contribution in [3.05, 3.63) is 59.9 Å². The number of guanidine groups is 2. The first-order valence-electron chi connectivity index (χ1n) is 10.1. The number of aldehydes is 1. The predicted molar refractivity (Wildman–Crippen MR) is 196 cm³/mol. The van der Waals surface area contributed by atoms with Crippen LogP contribution in [0, 0.1) is 0 Å². The summed E-state index contributed by atoms with van der Waals surface area (Å²) in [6.07, 6.45) is 5.93. The van der Waals surface area contributed by atoms with Gasteiger partial charge in [-0.15, -0.1) is 59.0 Å². The topological polar surface area (TPSA) is 234 Å². The van der Waals surface area contributed by atoms with Crippen molar-refractivity contribution < 1.29 is 32.8 Å². The van der Waals surface area contributed by atoms with E-state index in [4.69, 9.17) is 32.4 Å². The molecule has 0 aliphatic rings. The van der Waals surface area contributed by atoms with Crippen molar-refractivity contribution in [1.82, 2.24) is 9.97 Å². The molecule has 0 amide bonds. The molecule has 0 unspecified atom stereocenters. The van der Waals surface area contributed by atoms with Gasteiger partial charge >= 0.3 is 0 Å². The number of nitrogens with one attached hydrogen (secondary N) is 2. The van der Waals surface area contributed by atoms with Gasteiger partial charge in [-0.1, -0.05) is 0 Å². The quantitative estimate of drug-likeness (QED) is 0.0383. The summed E-state index contributed by atoms with van der Waals surface area (Å²) in [4.78, 5) is 16.7. The Bertz CT molecular complexity index is 1380. The minimum Gasteiger partial charge on any atom is -0.497 e. The molecule has 0 spiro atoms. The third kappa shape index (κ3) is 15.8. The number of rotatable bonds is 5. The minimum absolute atomic E-state index is 0. The first kappa shape index (κ1) is 46.1. The van der Waals surface area contributed by atoms with Crippen molar-refractivity contribution in [3.63, 3.8) is 0 Å². The van der Waals surface area contributed by atoms with Gasteiger partial charge in [0, 0.05) is 101 Å². The maximum atomic E-state index is 10.6. The van der Waals surface area contributed by atoms with E-state index in [-0.39, 0.29) is 79.3 Å². The molecule has 0 aliphatic heterocycles. The summed E-state index contributed by atoms with van der Waals surface area (Å²) in [5, 5.41) is 12.1. The average molecular weight is 986 g/mol. The molecule has 0 saturated heterocycles. The van der Waals surface area contributed by atoms with Crippen LogP contribution < -0.4 is 38.3 Å². The van der Waals surface area contributed by atoms with Crippen LogP contribution in [0.1, 0.15) is 15.9 Å². The fraction of sp³-hybridized carbons (Fsp3) is 0.0909. The van der Waals surface area contributed by atoms with Crippen LogP contribution in [0.3, 0.4) is 0 Å². The maximum Gasteiger partial charge on any atom is 0.211 e. The zero-order chi connectivity index (χ0) is 27.8. The van der Waals surface area contributed by atoms with Gasteiger partial charge in [0.05, 0.1) is 20.4 Å². The molecule has 0 aliphatic carbocycles. The molecule has 13 nitrogen and oxygen atoms in total. The number of ether oxygens (including phenoxy) is 2. The van der Waals surface area contributed by atoms with Gasteiger partial charge in [-0.25, -0.2) is 0 Å².